The molecule has 2 heterocycles. The van der Waals surface area contributed by atoms with Crippen molar-refractivity contribution in [3.05, 3.63) is 53.7 Å². The third kappa shape index (κ3) is 5.31. The monoisotopic (exact) mass is 401 g/mol. The number of pyridine rings is 1. The zero-order chi connectivity index (χ0) is 21.2. The fraction of sp³-hybridized carbons (Fsp3) is 0.364. The van der Waals surface area contributed by atoms with Gasteiger partial charge in [0, 0.05) is 31.3 Å². The number of hydrogen-bond donors (Lipinski definition) is 1. The number of carbonyl (C=O) groups excluding carboxylic acids is 1. The summed E-state index contributed by atoms with van der Waals surface area (Å²) < 4.78 is 34.5. The minimum Gasteiger partial charge on any atom is -0.490 e. The van der Waals surface area contributed by atoms with Crippen LogP contribution in [0.2, 0.25) is 0 Å². The van der Waals surface area contributed by atoms with Crippen molar-refractivity contribution in [2.45, 2.75) is 40.7 Å². The fourth-order valence-electron chi connectivity index (χ4n) is 3.14. The number of anilines is 1. The van der Waals surface area contributed by atoms with Crippen molar-refractivity contribution in [3.63, 3.8) is 0 Å². The van der Waals surface area contributed by atoms with Crippen LogP contribution in [0.25, 0.3) is 11.0 Å². The molecule has 0 fully saturated rings. The lowest BCUT2D eigenvalue weighted by Crippen LogP contribution is -2.20. The van der Waals surface area contributed by atoms with Crippen LogP contribution >= 0.6 is 0 Å². The number of amides is 1. The smallest absolute Gasteiger partial charge is 0.226 e. The largest absolute Gasteiger partial charge is 0.490 e. The van der Waals surface area contributed by atoms with Gasteiger partial charge in [-0.25, -0.2) is 13.8 Å². The lowest BCUT2D eigenvalue weighted by Gasteiger charge is -2.18. The molecule has 0 bridgehead atoms. The van der Waals surface area contributed by atoms with Crippen LogP contribution < -0.4 is 10.1 Å². The fourth-order valence-corrected chi connectivity index (χ4v) is 3.14. The molecule has 5 nitrogen and oxygen atoms in total. The maximum absolute atomic E-state index is 13.5. The molecule has 0 unspecified atom stereocenters. The van der Waals surface area contributed by atoms with Gasteiger partial charge in [-0.1, -0.05) is 20.8 Å². The topological polar surface area (TPSA) is 56.1 Å². The van der Waals surface area contributed by atoms with E-state index in [0.29, 0.717) is 35.7 Å². The summed E-state index contributed by atoms with van der Waals surface area (Å²) in [6.45, 7) is 8.50. The first-order valence-electron chi connectivity index (χ1n) is 9.52. The number of nitrogens with zero attached hydrogens (tertiary/aromatic N) is 2. The molecule has 1 aromatic carbocycles. The average Bonchev–Trinajstić information content (AvgIpc) is 2.94. The Morgan fingerprint density at radius 2 is 1.86 bits per heavy atom. The molecule has 0 saturated heterocycles. The summed E-state index contributed by atoms with van der Waals surface area (Å²) in [5.74, 6) is -0.558. The first-order chi connectivity index (χ1) is 13.6. The van der Waals surface area contributed by atoms with E-state index in [4.69, 9.17) is 4.74 Å². The van der Waals surface area contributed by atoms with Crippen molar-refractivity contribution in [2.24, 2.45) is 5.41 Å². The molecular weight excluding hydrogens is 376 g/mol. The molecule has 3 aromatic rings. The van der Waals surface area contributed by atoms with Crippen LogP contribution in [0.15, 0.2) is 36.5 Å². The number of ether oxygens (including phenoxy) is 1. The van der Waals surface area contributed by atoms with Crippen LogP contribution in [-0.4, -0.2) is 22.1 Å². The lowest BCUT2D eigenvalue weighted by atomic mass is 9.92. The van der Waals surface area contributed by atoms with Gasteiger partial charge in [-0.3, -0.25) is 4.79 Å². The molecule has 3 rings (SSSR count). The highest BCUT2D eigenvalue weighted by Gasteiger charge is 2.19. The van der Waals surface area contributed by atoms with Gasteiger partial charge in [0.1, 0.15) is 11.6 Å². The van der Waals surface area contributed by atoms with Crippen molar-refractivity contribution in [3.8, 4) is 5.75 Å². The molecule has 1 N–H and O–H groups in total. The van der Waals surface area contributed by atoms with Crippen molar-refractivity contribution in [2.75, 3.05) is 11.9 Å². The van der Waals surface area contributed by atoms with E-state index in [1.165, 1.54) is 12.1 Å². The highest BCUT2D eigenvalue weighted by molar-refractivity contribution is 5.93. The normalized spacial score (nSPS) is 11.7. The maximum atomic E-state index is 13.5. The van der Waals surface area contributed by atoms with Crippen LogP contribution in [0.5, 0.6) is 5.75 Å². The maximum Gasteiger partial charge on any atom is 0.226 e. The highest BCUT2D eigenvalue weighted by Crippen LogP contribution is 2.29. The molecule has 29 heavy (non-hydrogen) atoms. The number of aromatic nitrogens is 2. The first-order valence-corrected chi connectivity index (χ1v) is 9.52. The third-order valence-electron chi connectivity index (χ3n) is 4.24. The molecule has 0 spiro atoms. The average molecular weight is 401 g/mol. The van der Waals surface area contributed by atoms with Gasteiger partial charge in [-0.15, -0.1) is 0 Å². The standard InChI is InChI=1S/C22H25F2N3O2/c1-5-29-19-11-18-17(25-21(19)26-20(28)12-22(2,3)4)6-7-27(18)13-14-8-15(23)10-16(24)9-14/h6-11H,5,12-13H2,1-4H3,(H,25,26,28). The molecule has 0 atom stereocenters. The Bertz CT molecular complexity index is 1020. The molecular formula is C22H25F2N3O2. The Labute approximate surface area is 168 Å². The van der Waals surface area contributed by atoms with Gasteiger partial charge < -0.3 is 14.6 Å². The lowest BCUT2D eigenvalue weighted by molar-refractivity contribution is -0.117. The van der Waals surface area contributed by atoms with E-state index in [9.17, 15) is 13.6 Å². The predicted octanol–water partition coefficient (Wildman–Crippen LogP) is 5.14. The van der Waals surface area contributed by atoms with Gasteiger partial charge in [0.2, 0.25) is 5.91 Å². The minimum absolute atomic E-state index is 0.139. The van der Waals surface area contributed by atoms with Crippen molar-refractivity contribution >= 4 is 22.8 Å². The summed E-state index contributed by atoms with van der Waals surface area (Å²) >= 11 is 0. The predicted molar refractivity (Wildman–Crippen MR) is 109 cm³/mol. The van der Waals surface area contributed by atoms with Crippen LogP contribution in [-0.2, 0) is 11.3 Å². The molecule has 0 saturated carbocycles. The molecule has 0 radical (unpaired) electrons. The van der Waals surface area contributed by atoms with E-state index in [1.807, 2.05) is 32.3 Å². The van der Waals surface area contributed by atoms with E-state index in [0.717, 1.165) is 11.6 Å². The summed E-state index contributed by atoms with van der Waals surface area (Å²) in [7, 11) is 0. The molecule has 1 amide bonds. The van der Waals surface area contributed by atoms with Gasteiger partial charge in [0.25, 0.3) is 0 Å². The summed E-state index contributed by atoms with van der Waals surface area (Å²) in [4.78, 5) is 16.9. The van der Waals surface area contributed by atoms with Crippen molar-refractivity contribution < 1.29 is 18.3 Å². The molecule has 2 aromatic heterocycles. The Morgan fingerprint density at radius 3 is 2.48 bits per heavy atom. The number of halogens is 2. The van der Waals surface area contributed by atoms with Gasteiger partial charge in [-0.05, 0) is 36.1 Å². The second kappa shape index (κ2) is 8.19. The van der Waals surface area contributed by atoms with Crippen molar-refractivity contribution in [1.82, 2.24) is 9.55 Å². The Kier molecular flexibility index (Phi) is 5.86. The highest BCUT2D eigenvalue weighted by atomic mass is 19.1. The van der Waals surface area contributed by atoms with Gasteiger partial charge in [-0.2, -0.15) is 0 Å². The zero-order valence-corrected chi connectivity index (χ0v) is 17.1. The van der Waals surface area contributed by atoms with Crippen LogP contribution in [0, 0.1) is 17.0 Å². The minimum atomic E-state index is -0.617. The molecule has 154 valence electrons. The van der Waals surface area contributed by atoms with Crippen molar-refractivity contribution in [1.29, 1.82) is 0 Å². The zero-order valence-electron chi connectivity index (χ0n) is 17.1. The number of rotatable bonds is 6. The molecule has 0 aliphatic rings. The number of carbonyl (C=O) groups is 1. The Balaban J connectivity index is 1.93. The number of nitrogens with one attached hydrogen (secondary N) is 1. The second-order valence-corrected chi connectivity index (χ2v) is 8.18. The number of benzene rings is 1. The quantitative estimate of drug-likeness (QED) is 0.623. The van der Waals surface area contributed by atoms with Gasteiger partial charge in [0.05, 0.1) is 17.6 Å². The molecule has 0 aliphatic heterocycles. The van der Waals surface area contributed by atoms with Gasteiger partial charge in [0.15, 0.2) is 11.6 Å². The van der Waals surface area contributed by atoms with Crippen LogP contribution in [0.4, 0.5) is 14.6 Å². The SMILES string of the molecule is CCOc1cc2c(ccn2Cc2cc(F)cc(F)c2)nc1NC(=O)CC(C)(C)C. The summed E-state index contributed by atoms with van der Waals surface area (Å²) in [5.41, 5.74) is 1.74. The Morgan fingerprint density at radius 1 is 1.17 bits per heavy atom. The first kappa shape index (κ1) is 20.8. The third-order valence-corrected chi connectivity index (χ3v) is 4.24. The van der Waals surface area contributed by atoms with Gasteiger partial charge >= 0.3 is 0 Å². The van der Waals surface area contributed by atoms with Crippen LogP contribution in [0.3, 0.4) is 0 Å². The summed E-state index contributed by atoms with van der Waals surface area (Å²) in [6.07, 6.45) is 2.14. The summed E-state index contributed by atoms with van der Waals surface area (Å²) in [5, 5.41) is 2.83. The van der Waals surface area contributed by atoms with Crippen LogP contribution in [0.1, 0.15) is 39.7 Å². The molecule has 7 heteroatoms. The van der Waals surface area contributed by atoms with E-state index in [2.05, 4.69) is 10.3 Å². The molecule has 0 aliphatic carbocycles. The number of hydrogen-bond acceptors (Lipinski definition) is 3. The second-order valence-electron chi connectivity index (χ2n) is 8.18. The van der Waals surface area contributed by atoms with E-state index >= 15 is 0 Å². The van der Waals surface area contributed by atoms with E-state index in [-0.39, 0.29) is 17.9 Å². The summed E-state index contributed by atoms with van der Waals surface area (Å²) in [6, 6.07) is 7.02. The Hall–Kier alpha value is -2.96. The van der Waals surface area contributed by atoms with E-state index < -0.39 is 11.6 Å². The van der Waals surface area contributed by atoms with E-state index in [1.54, 1.807) is 18.3 Å². The number of fused-ring (bicyclic) bond motifs is 1.